The quantitative estimate of drug-likeness (QED) is 0.942. The van der Waals surface area contributed by atoms with Crippen molar-refractivity contribution in [3.05, 3.63) is 39.3 Å². The lowest BCUT2D eigenvalue weighted by molar-refractivity contribution is 0.0950. The molecular formula is C16H17N3O2S. The van der Waals surface area contributed by atoms with Gasteiger partial charge in [0, 0.05) is 23.0 Å². The minimum Gasteiger partial charge on any atom is -0.493 e. The van der Waals surface area contributed by atoms with Crippen LogP contribution in [0.2, 0.25) is 0 Å². The van der Waals surface area contributed by atoms with E-state index in [1.807, 2.05) is 18.2 Å². The van der Waals surface area contributed by atoms with Crippen molar-refractivity contribution in [3.8, 4) is 5.75 Å². The van der Waals surface area contributed by atoms with Crippen LogP contribution in [0, 0.1) is 0 Å². The van der Waals surface area contributed by atoms with E-state index in [1.54, 1.807) is 11.3 Å². The Bertz CT molecular complexity index is 724. The number of hydrogen-bond acceptors (Lipinski definition) is 5. The zero-order valence-corrected chi connectivity index (χ0v) is 13.2. The second kappa shape index (κ2) is 5.35. The maximum absolute atomic E-state index is 12.3. The zero-order valence-electron chi connectivity index (χ0n) is 12.3. The molecule has 2 aliphatic rings. The van der Waals surface area contributed by atoms with Crippen LogP contribution in [0.3, 0.4) is 0 Å². The third-order valence-corrected chi connectivity index (χ3v) is 5.19. The first kappa shape index (κ1) is 13.7. The fourth-order valence-electron chi connectivity index (χ4n) is 2.60. The second-order valence-electron chi connectivity index (χ2n) is 5.96. The number of aromatic nitrogens is 2. The average molecular weight is 315 g/mol. The van der Waals surface area contributed by atoms with Gasteiger partial charge in [-0.2, -0.15) is 0 Å². The third-order valence-electron chi connectivity index (χ3n) is 4.10. The molecule has 4 rings (SSSR count). The van der Waals surface area contributed by atoms with Crippen molar-refractivity contribution < 1.29 is 9.53 Å². The molecule has 1 aliphatic heterocycles. The Balaban J connectivity index is 1.42. The van der Waals surface area contributed by atoms with E-state index >= 15 is 0 Å². The molecule has 2 aromatic rings. The topological polar surface area (TPSA) is 64.1 Å². The number of hydrogen-bond donors (Lipinski definition) is 1. The summed E-state index contributed by atoms with van der Waals surface area (Å²) >= 11 is 1.60. The largest absolute Gasteiger partial charge is 0.493 e. The van der Waals surface area contributed by atoms with Crippen molar-refractivity contribution >= 4 is 17.2 Å². The first-order valence-corrected chi connectivity index (χ1v) is 8.39. The molecule has 1 fully saturated rings. The van der Waals surface area contributed by atoms with E-state index in [2.05, 4.69) is 22.4 Å². The van der Waals surface area contributed by atoms with Gasteiger partial charge < -0.3 is 10.1 Å². The average Bonchev–Trinajstić information content (AvgIpc) is 3.17. The van der Waals surface area contributed by atoms with E-state index in [4.69, 9.17) is 4.74 Å². The van der Waals surface area contributed by atoms with E-state index in [9.17, 15) is 4.79 Å². The van der Waals surface area contributed by atoms with E-state index in [-0.39, 0.29) is 5.91 Å². The van der Waals surface area contributed by atoms with Gasteiger partial charge in [0.05, 0.1) is 13.2 Å². The lowest BCUT2D eigenvalue weighted by Gasteiger charge is -2.06. The Hall–Kier alpha value is -1.95. The van der Waals surface area contributed by atoms with Crippen LogP contribution in [0.5, 0.6) is 5.75 Å². The molecule has 0 bridgehead atoms. The minimum absolute atomic E-state index is 0.0786. The number of rotatable bonds is 4. The highest BCUT2D eigenvalue weighted by molar-refractivity contribution is 7.11. The monoisotopic (exact) mass is 315 g/mol. The molecular weight excluding hydrogens is 298 g/mol. The summed E-state index contributed by atoms with van der Waals surface area (Å²) in [5.41, 5.74) is 1.78. The first-order chi connectivity index (χ1) is 10.7. The number of nitrogens with zero attached hydrogens (tertiary/aromatic N) is 2. The molecule has 2 heterocycles. The first-order valence-electron chi connectivity index (χ1n) is 7.58. The van der Waals surface area contributed by atoms with Crippen LogP contribution in [0.1, 0.15) is 57.5 Å². The molecule has 1 aromatic heterocycles. The molecule has 0 saturated heterocycles. The van der Waals surface area contributed by atoms with E-state index in [0.717, 1.165) is 21.3 Å². The number of benzene rings is 1. The molecule has 0 unspecified atom stereocenters. The van der Waals surface area contributed by atoms with Crippen molar-refractivity contribution in [3.63, 3.8) is 0 Å². The zero-order chi connectivity index (χ0) is 15.1. The number of carbonyl (C=O) groups is 1. The summed E-state index contributed by atoms with van der Waals surface area (Å²) in [6.45, 7) is 3.23. The van der Waals surface area contributed by atoms with Crippen LogP contribution in [-0.2, 0) is 6.54 Å². The summed E-state index contributed by atoms with van der Waals surface area (Å²) in [4.78, 5) is 12.3. The van der Waals surface area contributed by atoms with Crippen LogP contribution >= 0.6 is 11.3 Å². The van der Waals surface area contributed by atoms with Crippen molar-refractivity contribution in [1.29, 1.82) is 0 Å². The summed E-state index contributed by atoms with van der Waals surface area (Å²) in [6, 6.07) is 5.61. The second-order valence-corrected chi connectivity index (χ2v) is 7.05. The lowest BCUT2D eigenvalue weighted by atomic mass is 10.0. The number of ether oxygens (including phenoxy) is 1. The van der Waals surface area contributed by atoms with Gasteiger partial charge in [0.25, 0.3) is 5.91 Å². The molecule has 1 atom stereocenters. The number of nitrogens with one attached hydrogen (secondary N) is 1. The van der Waals surface area contributed by atoms with E-state index < -0.39 is 0 Å². The Labute approximate surface area is 132 Å². The molecule has 1 aliphatic carbocycles. The maximum Gasteiger partial charge on any atom is 0.251 e. The summed E-state index contributed by atoms with van der Waals surface area (Å²) in [6.07, 6.45) is 2.44. The van der Waals surface area contributed by atoms with Crippen LogP contribution in [0.4, 0.5) is 0 Å². The molecule has 1 amide bonds. The van der Waals surface area contributed by atoms with Gasteiger partial charge >= 0.3 is 0 Å². The van der Waals surface area contributed by atoms with Crippen molar-refractivity contribution in [1.82, 2.24) is 15.5 Å². The minimum atomic E-state index is -0.0786. The van der Waals surface area contributed by atoms with Gasteiger partial charge in [-0.1, -0.05) is 18.3 Å². The van der Waals surface area contributed by atoms with Gasteiger partial charge in [-0.3, -0.25) is 4.79 Å². The van der Waals surface area contributed by atoms with Crippen molar-refractivity contribution in [2.75, 3.05) is 6.61 Å². The van der Waals surface area contributed by atoms with E-state index in [0.29, 0.717) is 30.6 Å². The Morgan fingerprint density at radius 1 is 1.41 bits per heavy atom. The highest BCUT2D eigenvalue weighted by Crippen LogP contribution is 2.41. The smallest absolute Gasteiger partial charge is 0.251 e. The van der Waals surface area contributed by atoms with Gasteiger partial charge in [0.2, 0.25) is 0 Å². The molecule has 114 valence electrons. The SMILES string of the molecule is C[C@H]1COc2ccc(C(=O)NCc3nnc(C4CC4)s3)cc21. The van der Waals surface area contributed by atoms with E-state index in [1.165, 1.54) is 12.8 Å². The van der Waals surface area contributed by atoms with Crippen LogP contribution in [0.25, 0.3) is 0 Å². The Morgan fingerprint density at radius 2 is 2.27 bits per heavy atom. The summed E-state index contributed by atoms with van der Waals surface area (Å²) in [5, 5.41) is 13.2. The van der Waals surface area contributed by atoms with Crippen LogP contribution in [-0.4, -0.2) is 22.7 Å². The predicted octanol–water partition coefficient (Wildman–Crippen LogP) is 2.84. The van der Waals surface area contributed by atoms with Gasteiger partial charge in [-0.25, -0.2) is 0 Å². The van der Waals surface area contributed by atoms with Gasteiger partial charge in [0.1, 0.15) is 15.8 Å². The van der Waals surface area contributed by atoms with Crippen molar-refractivity contribution in [2.45, 2.75) is 38.1 Å². The fourth-order valence-corrected chi connectivity index (χ4v) is 3.55. The van der Waals surface area contributed by atoms with Gasteiger partial charge in [0.15, 0.2) is 0 Å². The molecule has 1 saturated carbocycles. The lowest BCUT2D eigenvalue weighted by Crippen LogP contribution is -2.22. The highest BCUT2D eigenvalue weighted by atomic mass is 32.1. The van der Waals surface area contributed by atoms with Crippen LogP contribution in [0.15, 0.2) is 18.2 Å². The molecule has 1 N–H and O–H groups in total. The number of amides is 1. The fraction of sp³-hybridized carbons (Fsp3) is 0.438. The summed E-state index contributed by atoms with van der Waals surface area (Å²) in [5.74, 6) is 1.76. The molecule has 22 heavy (non-hydrogen) atoms. The van der Waals surface area contributed by atoms with Gasteiger partial charge in [-0.15, -0.1) is 10.2 Å². The Morgan fingerprint density at radius 3 is 3.09 bits per heavy atom. The standard InChI is InChI=1S/C16H17N3O2S/c1-9-8-21-13-5-4-11(6-12(9)13)15(20)17-7-14-18-19-16(22-14)10-2-3-10/h4-6,9-10H,2-3,7-8H2,1H3,(H,17,20)/t9-/m0/s1. The number of carbonyl (C=O) groups excluding carboxylic acids is 1. The summed E-state index contributed by atoms with van der Waals surface area (Å²) < 4.78 is 5.56. The molecule has 6 heteroatoms. The molecule has 1 aromatic carbocycles. The van der Waals surface area contributed by atoms with Crippen molar-refractivity contribution in [2.24, 2.45) is 0 Å². The molecule has 5 nitrogen and oxygen atoms in total. The Kier molecular flexibility index (Phi) is 3.33. The highest BCUT2D eigenvalue weighted by Gasteiger charge is 2.27. The molecule has 0 spiro atoms. The molecule has 0 radical (unpaired) electrons. The third kappa shape index (κ3) is 2.59. The van der Waals surface area contributed by atoms with Gasteiger partial charge in [-0.05, 0) is 31.0 Å². The summed E-state index contributed by atoms with van der Waals surface area (Å²) in [7, 11) is 0. The maximum atomic E-state index is 12.3. The number of fused-ring (bicyclic) bond motifs is 1. The predicted molar refractivity (Wildman–Crippen MR) is 83.4 cm³/mol. The normalized spacial score (nSPS) is 19.6. The van der Waals surface area contributed by atoms with Crippen LogP contribution < -0.4 is 10.1 Å².